The Hall–Kier alpha value is -4.41. The average Bonchev–Trinajstić information content (AvgIpc) is 3.69. The number of likely N-dealkylation sites (tertiary alicyclic amines) is 1. The molecule has 1 saturated heterocycles. The van der Waals surface area contributed by atoms with Gasteiger partial charge in [0.1, 0.15) is 29.9 Å². The molecule has 3 aromatic rings. The molecule has 2 aromatic heterocycles. The number of amides is 3. The molecule has 0 bridgehead atoms. The van der Waals surface area contributed by atoms with Gasteiger partial charge < -0.3 is 29.1 Å². The fraction of sp³-hybridized carbons (Fsp3) is 0.469. The molecule has 0 spiro atoms. The Balaban J connectivity index is 1.17. The molecule has 1 unspecified atom stereocenters. The van der Waals surface area contributed by atoms with E-state index in [1.165, 1.54) is 36.9 Å². The lowest BCUT2D eigenvalue weighted by atomic mass is 10.1. The molecule has 2 atom stereocenters. The highest BCUT2D eigenvalue weighted by Crippen LogP contribution is 2.40. The van der Waals surface area contributed by atoms with Gasteiger partial charge in [0, 0.05) is 30.9 Å². The molecule has 43 heavy (non-hydrogen) atoms. The van der Waals surface area contributed by atoms with Crippen molar-refractivity contribution in [1.82, 2.24) is 20.4 Å². The first-order valence-electron chi connectivity index (χ1n) is 14.8. The molecule has 3 heterocycles. The van der Waals surface area contributed by atoms with Crippen molar-refractivity contribution in [2.75, 3.05) is 24.6 Å². The molecule has 1 aliphatic carbocycles. The van der Waals surface area contributed by atoms with Crippen molar-refractivity contribution in [3.05, 3.63) is 71.9 Å². The van der Waals surface area contributed by atoms with Crippen LogP contribution in [0, 0.1) is 0 Å². The molecule has 0 radical (unpaired) electrons. The molecule has 11 heteroatoms. The fourth-order valence-corrected chi connectivity index (χ4v) is 5.08. The maximum absolute atomic E-state index is 13.4. The highest BCUT2D eigenvalue weighted by Gasteiger charge is 2.30. The van der Waals surface area contributed by atoms with Crippen molar-refractivity contribution in [3.63, 3.8) is 0 Å². The van der Waals surface area contributed by atoms with Gasteiger partial charge in [-0.05, 0) is 89.1 Å². The second kappa shape index (κ2) is 12.8. The topological polar surface area (TPSA) is 127 Å². The van der Waals surface area contributed by atoms with Crippen LogP contribution in [0.1, 0.15) is 85.8 Å². The van der Waals surface area contributed by atoms with E-state index in [-0.39, 0.29) is 48.0 Å². The molecule has 228 valence electrons. The summed E-state index contributed by atoms with van der Waals surface area (Å²) in [6, 6.07) is 12.3. The number of nitrogens with one attached hydrogen (secondary N) is 1. The molecule has 3 amide bonds. The van der Waals surface area contributed by atoms with Crippen molar-refractivity contribution in [1.29, 1.82) is 0 Å². The number of nitrogens with zero attached hydrogens (tertiary/aromatic N) is 4. The van der Waals surface area contributed by atoms with Gasteiger partial charge in [0.2, 0.25) is 0 Å². The maximum Gasteiger partial charge on any atom is 0.410 e. The number of aromatic nitrogens is 2. The summed E-state index contributed by atoms with van der Waals surface area (Å²) >= 11 is 0. The van der Waals surface area contributed by atoms with Crippen LogP contribution in [0.2, 0.25) is 0 Å². The van der Waals surface area contributed by atoms with E-state index in [2.05, 4.69) is 27.6 Å². The van der Waals surface area contributed by atoms with E-state index < -0.39 is 5.60 Å². The van der Waals surface area contributed by atoms with Gasteiger partial charge in [-0.25, -0.2) is 9.78 Å². The first-order chi connectivity index (χ1) is 20.6. The predicted octanol–water partition coefficient (Wildman–Crippen LogP) is 5.19. The van der Waals surface area contributed by atoms with Crippen molar-refractivity contribution in [2.45, 2.75) is 77.0 Å². The summed E-state index contributed by atoms with van der Waals surface area (Å²) in [6.45, 7) is 8.54. The number of piperidine rings is 1. The summed E-state index contributed by atoms with van der Waals surface area (Å²) < 4.78 is 16.4. The summed E-state index contributed by atoms with van der Waals surface area (Å²) in [4.78, 5) is 46.3. The standard InChI is InChI=1S/C32H39N5O6/c1-21(37(30(39)28-15-17-42-35-28)25-11-9-23(10-12-25)22-7-8-22)20-41-26-13-14-27(33-18-26)29(38)34-24-6-5-16-36(19-24)31(40)43-32(2,3)4/h9-15,17-18,21-22,24H,5-8,16,19-20H2,1-4H3,(H,34,38)/t21?,24-/m0/s1. The molecule has 1 aromatic carbocycles. The first-order valence-corrected chi connectivity index (χ1v) is 14.8. The summed E-state index contributed by atoms with van der Waals surface area (Å²) in [5, 5.41) is 6.81. The van der Waals surface area contributed by atoms with Gasteiger partial charge in [-0.3, -0.25) is 9.59 Å². The zero-order valence-electron chi connectivity index (χ0n) is 25.1. The highest BCUT2D eigenvalue weighted by atomic mass is 16.6. The Bertz CT molecular complexity index is 1400. The van der Waals surface area contributed by atoms with E-state index in [1.807, 2.05) is 39.8 Å². The number of benzene rings is 1. The molecule has 2 aliphatic rings. The third-order valence-electron chi connectivity index (χ3n) is 7.41. The van der Waals surface area contributed by atoms with E-state index >= 15 is 0 Å². The molecule has 11 nitrogen and oxygen atoms in total. The van der Waals surface area contributed by atoms with Gasteiger partial charge in [0.25, 0.3) is 11.8 Å². The molecule has 2 fully saturated rings. The highest BCUT2D eigenvalue weighted by molar-refractivity contribution is 6.05. The summed E-state index contributed by atoms with van der Waals surface area (Å²) in [5.74, 6) is 0.467. The Kier molecular flexibility index (Phi) is 8.98. The van der Waals surface area contributed by atoms with Gasteiger partial charge in [-0.15, -0.1) is 0 Å². The quantitative estimate of drug-likeness (QED) is 0.361. The smallest absolute Gasteiger partial charge is 0.410 e. The Morgan fingerprint density at radius 2 is 1.84 bits per heavy atom. The normalized spacial score (nSPS) is 17.6. The first kappa shape index (κ1) is 30.1. The lowest BCUT2D eigenvalue weighted by molar-refractivity contribution is 0.0185. The van der Waals surface area contributed by atoms with E-state index in [0.29, 0.717) is 24.8 Å². The average molecular weight is 590 g/mol. The SMILES string of the molecule is CC(COc1ccc(C(=O)N[C@H]2CCCN(C(=O)OC(C)(C)C)C2)nc1)N(C(=O)c1ccon1)c1ccc(C2CC2)cc1. The second-order valence-corrected chi connectivity index (χ2v) is 12.2. The number of anilines is 1. The second-order valence-electron chi connectivity index (χ2n) is 12.2. The summed E-state index contributed by atoms with van der Waals surface area (Å²) in [6.07, 6.45) is 6.42. The van der Waals surface area contributed by atoms with Crippen molar-refractivity contribution in [2.24, 2.45) is 0 Å². The zero-order valence-corrected chi connectivity index (χ0v) is 25.1. The van der Waals surface area contributed by atoms with Crippen molar-refractivity contribution in [3.8, 4) is 5.75 Å². The summed E-state index contributed by atoms with van der Waals surface area (Å²) in [5.41, 5.74) is 1.90. The lowest BCUT2D eigenvalue weighted by Crippen LogP contribution is -2.50. The number of rotatable bonds is 9. The molecule has 1 N–H and O–H groups in total. The van der Waals surface area contributed by atoms with Crippen LogP contribution in [0.4, 0.5) is 10.5 Å². The minimum Gasteiger partial charge on any atom is -0.490 e. The van der Waals surface area contributed by atoms with Crippen LogP contribution in [0.25, 0.3) is 0 Å². The fourth-order valence-electron chi connectivity index (χ4n) is 5.08. The zero-order chi connectivity index (χ0) is 30.6. The molecular formula is C32H39N5O6. The van der Waals surface area contributed by atoms with Crippen LogP contribution in [0.5, 0.6) is 5.75 Å². The number of hydrogen-bond donors (Lipinski definition) is 1. The number of ether oxygens (including phenoxy) is 2. The number of carbonyl (C=O) groups excluding carboxylic acids is 3. The molecule has 1 saturated carbocycles. The van der Waals surface area contributed by atoms with Gasteiger partial charge in [-0.2, -0.15) is 0 Å². The Morgan fingerprint density at radius 1 is 1.07 bits per heavy atom. The van der Waals surface area contributed by atoms with E-state index in [9.17, 15) is 14.4 Å². The monoisotopic (exact) mass is 589 g/mol. The van der Waals surface area contributed by atoms with Crippen LogP contribution in [-0.4, -0.2) is 70.3 Å². The van der Waals surface area contributed by atoms with Crippen LogP contribution in [-0.2, 0) is 4.74 Å². The Labute approximate surface area is 251 Å². The van der Waals surface area contributed by atoms with Crippen LogP contribution < -0.4 is 15.0 Å². The number of hydrogen-bond acceptors (Lipinski definition) is 8. The van der Waals surface area contributed by atoms with Gasteiger partial charge in [-0.1, -0.05) is 17.3 Å². The van der Waals surface area contributed by atoms with Crippen LogP contribution in [0.3, 0.4) is 0 Å². The third kappa shape index (κ3) is 7.91. The number of pyridine rings is 1. The van der Waals surface area contributed by atoms with Crippen LogP contribution >= 0.6 is 0 Å². The van der Waals surface area contributed by atoms with Gasteiger partial charge in [0.05, 0.1) is 12.2 Å². The van der Waals surface area contributed by atoms with Crippen molar-refractivity contribution >= 4 is 23.6 Å². The summed E-state index contributed by atoms with van der Waals surface area (Å²) in [7, 11) is 0. The van der Waals surface area contributed by atoms with E-state index in [4.69, 9.17) is 14.0 Å². The van der Waals surface area contributed by atoms with Gasteiger partial charge in [0.15, 0.2) is 5.69 Å². The molecular weight excluding hydrogens is 550 g/mol. The minimum absolute atomic E-state index is 0.184. The third-order valence-corrected chi connectivity index (χ3v) is 7.41. The van der Waals surface area contributed by atoms with Gasteiger partial charge >= 0.3 is 6.09 Å². The van der Waals surface area contributed by atoms with E-state index in [1.54, 1.807) is 21.9 Å². The van der Waals surface area contributed by atoms with Crippen LogP contribution in [0.15, 0.2) is 59.4 Å². The predicted molar refractivity (Wildman–Crippen MR) is 159 cm³/mol. The largest absolute Gasteiger partial charge is 0.490 e. The van der Waals surface area contributed by atoms with Crippen molar-refractivity contribution < 1.29 is 28.4 Å². The maximum atomic E-state index is 13.4. The lowest BCUT2D eigenvalue weighted by Gasteiger charge is -2.34. The number of carbonyl (C=O) groups is 3. The molecule has 5 rings (SSSR count). The molecule has 1 aliphatic heterocycles. The Morgan fingerprint density at radius 3 is 2.47 bits per heavy atom. The van der Waals surface area contributed by atoms with E-state index in [0.717, 1.165) is 18.5 Å². The minimum atomic E-state index is -0.579.